The van der Waals surface area contributed by atoms with Crippen LogP contribution < -0.4 is 4.74 Å². The first-order valence-electron chi connectivity index (χ1n) is 5.27. The maximum absolute atomic E-state index is 10.9. The molecule has 0 saturated carbocycles. The fourth-order valence-corrected chi connectivity index (χ4v) is 1.80. The summed E-state index contributed by atoms with van der Waals surface area (Å²) in [6.45, 7) is 2.09. The Morgan fingerprint density at radius 3 is 2.93 bits per heavy atom. The van der Waals surface area contributed by atoms with E-state index in [1.54, 1.807) is 0 Å². The zero-order valence-corrected chi connectivity index (χ0v) is 8.77. The minimum atomic E-state index is -0.0672. The van der Waals surface area contributed by atoms with Crippen LogP contribution in [0.5, 0.6) is 5.75 Å². The van der Waals surface area contributed by atoms with Gasteiger partial charge in [0.25, 0.3) is 0 Å². The third kappa shape index (κ3) is 1.94. The molecule has 0 aromatic heterocycles. The van der Waals surface area contributed by atoms with Gasteiger partial charge in [-0.05, 0) is 18.6 Å². The number of benzene rings is 1. The Balaban J connectivity index is 2.35. The molecule has 1 aliphatic rings. The average molecular weight is 202 g/mol. The predicted octanol–water partition coefficient (Wildman–Crippen LogP) is 2.83. The standard InChI is InChI=1S/C13H14O2/c1-2-5-12-11(9-14)8-10-6-3-4-7-13(10)15-12/h3-4,6-9,12H,2,5H2,1H3/t12-/m1/s1. The molecular weight excluding hydrogens is 188 g/mol. The number of fused-ring (bicyclic) bond motifs is 1. The second-order valence-electron chi connectivity index (χ2n) is 3.70. The van der Waals surface area contributed by atoms with E-state index in [0.717, 1.165) is 36.0 Å². The molecule has 78 valence electrons. The number of carbonyl (C=O) groups is 1. The predicted molar refractivity (Wildman–Crippen MR) is 59.8 cm³/mol. The first kappa shape index (κ1) is 9.97. The summed E-state index contributed by atoms with van der Waals surface area (Å²) in [5.74, 6) is 0.876. The van der Waals surface area contributed by atoms with Crippen LogP contribution in [0.3, 0.4) is 0 Å². The van der Waals surface area contributed by atoms with Gasteiger partial charge < -0.3 is 4.74 Å². The Labute approximate surface area is 89.6 Å². The van der Waals surface area contributed by atoms with E-state index in [-0.39, 0.29) is 6.10 Å². The SMILES string of the molecule is CCC[C@H]1Oc2ccccc2C=C1C=O. The van der Waals surface area contributed by atoms with E-state index in [4.69, 9.17) is 4.74 Å². The van der Waals surface area contributed by atoms with E-state index in [1.807, 2.05) is 30.3 Å². The summed E-state index contributed by atoms with van der Waals surface area (Å²) in [4.78, 5) is 10.9. The summed E-state index contributed by atoms with van der Waals surface area (Å²) in [5, 5.41) is 0. The summed E-state index contributed by atoms with van der Waals surface area (Å²) in [6.07, 6.45) is 4.65. The molecule has 0 fully saturated rings. The van der Waals surface area contributed by atoms with Crippen molar-refractivity contribution in [3.05, 3.63) is 35.4 Å². The molecule has 1 atom stereocenters. The monoisotopic (exact) mass is 202 g/mol. The van der Waals surface area contributed by atoms with Crippen molar-refractivity contribution in [2.75, 3.05) is 0 Å². The molecule has 0 saturated heterocycles. The Morgan fingerprint density at radius 2 is 2.20 bits per heavy atom. The van der Waals surface area contributed by atoms with Gasteiger partial charge in [0, 0.05) is 11.1 Å². The van der Waals surface area contributed by atoms with Crippen molar-refractivity contribution in [1.82, 2.24) is 0 Å². The Morgan fingerprint density at radius 1 is 1.40 bits per heavy atom. The quantitative estimate of drug-likeness (QED) is 0.704. The molecular formula is C13H14O2. The molecule has 0 unspecified atom stereocenters. The van der Waals surface area contributed by atoms with Crippen molar-refractivity contribution in [1.29, 1.82) is 0 Å². The van der Waals surface area contributed by atoms with E-state index < -0.39 is 0 Å². The lowest BCUT2D eigenvalue weighted by Gasteiger charge is -2.24. The summed E-state index contributed by atoms with van der Waals surface area (Å²) in [6, 6.07) is 7.79. The lowest BCUT2D eigenvalue weighted by Crippen LogP contribution is -2.23. The second kappa shape index (κ2) is 4.30. The number of hydrogen-bond donors (Lipinski definition) is 0. The van der Waals surface area contributed by atoms with Gasteiger partial charge in [0.05, 0.1) is 0 Å². The maximum atomic E-state index is 10.9. The molecule has 2 nitrogen and oxygen atoms in total. The van der Waals surface area contributed by atoms with E-state index in [1.165, 1.54) is 0 Å². The van der Waals surface area contributed by atoms with E-state index >= 15 is 0 Å². The molecule has 1 aromatic rings. The summed E-state index contributed by atoms with van der Waals surface area (Å²) in [5.41, 5.74) is 1.74. The van der Waals surface area contributed by atoms with E-state index in [0.29, 0.717) is 0 Å². The van der Waals surface area contributed by atoms with Gasteiger partial charge in [-0.25, -0.2) is 0 Å². The average Bonchev–Trinajstić information content (AvgIpc) is 2.28. The third-order valence-corrected chi connectivity index (χ3v) is 2.57. The minimum Gasteiger partial charge on any atom is -0.485 e. The van der Waals surface area contributed by atoms with Crippen molar-refractivity contribution in [3.63, 3.8) is 0 Å². The van der Waals surface area contributed by atoms with Crippen molar-refractivity contribution in [2.45, 2.75) is 25.9 Å². The third-order valence-electron chi connectivity index (χ3n) is 2.57. The van der Waals surface area contributed by atoms with Gasteiger partial charge in [-0.1, -0.05) is 31.5 Å². The lowest BCUT2D eigenvalue weighted by molar-refractivity contribution is -0.105. The normalized spacial score (nSPS) is 18.7. The van der Waals surface area contributed by atoms with Crippen LogP contribution in [0.25, 0.3) is 6.08 Å². The molecule has 0 amide bonds. The van der Waals surface area contributed by atoms with Gasteiger partial charge in [-0.2, -0.15) is 0 Å². The van der Waals surface area contributed by atoms with Crippen LogP contribution in [0.15, 0.2) is 29.8 Å². The van der Waals surface area contributed by atoms with Crippen LogP contribution in [0, 0.1) is 0 Å². The highest BCUT2D eigenvalue weighted by Crippen LogP contribution is 2.30. The van der Waals surface area contributed by atoms with E-state index in [2.05, 4.69) is 6.92 Å². The van der Waals surface area contributed by atoms with E-state index in [9.17, 15) is 4.79 Å². The van der Waals surface area contributed by atoms with Crippen molar-refractivity contribution in [3.8, 4) is 5.75 Å². The number of carbonyl (C=O) groups excluding carboxylic acids is 1. The van der Waals surface area contributed by atoms with Crippen molar-refractivity contribution in [2.24, 2.45) is 0 Å². The summed E-state index contributed by atoms with van der Waals surface area (Å²) < 4.78 is 5.78. The molecule has 1 aliphatic heterocycles. The zero-order valence-electron chi connectivity index (χ0n) is 8.77. The van der Waals surface area contributed by atoms with Crippen LogP contribution in [-0.4, -0.2) is 12.4 Å². The van der Waals surface area contributed by atoms with Gasteiger partial charge in [-0.15, -0.1) is 0 Å². The van der Waals surface area contributed by atoms with Crippen LogP contribution in [0.1, 0.15) is 25.3 Å². The molecule has 0 radical (unpaired) electrons. The highest BCUT2D eigenvalue weighted by atomic mass is 16.5. The number of ether oxygens (including phenoxy) is 1. The summed E-state index contributed by atoms with van der Waals surface area (Å²) >= 11 is 0. The molecule has 0 aliphatic carbocycles. The highest BCUT2D eigenvalue weighted by molar-refractivity contribution is 5.85. The Kier molecular flexibility index (Phi) is 2.86. The van der Waals surface area contributed by atoms with Crippen molar-refractivity contribution >= 4 is 12.4 Å². The molecule has 0 N–H and O–H groups in total. The van der Waals surface area contributed by atoms with Gasteiger partial charge in [-0.3, -0.25) is 4.79 Å². The van der Waals surface area contributed by atoms with Gasteiger partial charge >= 0.3 is 0 Å². The number of rotatable bonds is 3. The van der Waals surface area contributed by atoms with Crippen LogP contribution >= 0.6 is 0 Å². The molecule has 0 bridgehead atoms. The molecule has 15 heavy (non-hydrogen) atoms. The van der Waals surface area contributed by atoms with Crippen LogP contribution in [-0.2, 0) is 4.79 Å². The van der Waals surface area contributed by atoms with Gasteiger partial charge in [0.1, 0.15) is 18.1 Å². The molecule has 1 aromatic carbocycles. The first-order chi connectivity index (χ1) is 7.35. The molecule has 0 spiro atoms. The fraction of sp³-hybridized carbons (Fsp3) is 0.308. The maximum Gasteiger partial charge on any atom is 0.149 e. The van der Waals surface area contributed by atoms with Crippen molar-refractivity contribution < 1.29 is 9.53 Å². The Bertz CT molecular complexity index is 393. The fourth-order valence-electron chi connectivity index (χ4n) is 1.80. The summed E-state index contributed by atoms with van der Waals surface area (Å²) in [7, 11) is 0. The van der Waals surface area contributed by atoms with Crippen LogP contribution in [0.4, 0.5) is 0 Å². The first-order valence-corrected chi connectivity index (χ1v) is 5.27. The topological polar surface area (TPSA) is 26.3 Å². The zero-order chi connectivity index (χ0) is 10.7. The van der Waals surface area contributed by atoms with Gasteiger partial charge in [0.15, 0.2) is 0 Å². The largest absolute Gasteiger partial charge is 0.485 e. The second-order valence-corrected chi connectivity index (χ2v) is 3.70. The highest BCUT2D eigenvalue weighted by Gasteiger charge is 2.20. The Hall–Kier alpha value is -1.57. The smallest absolute Gasteiger partial charge is 0.149 e. The number of para-hydroxylation sites is 1. The molecule has 2 heteroatoms. The van der Waals surface area contributed by atoms with Crippen LogP contribution in [0.2, 0.25) is 0 Å². The number of hydrogen-bond acceptors (Lipinski definition) is 2. The number of aldehydes is 1. The minimum absolute atomic E-state index is 0.0672. The van der Waals surface area contributed by atoms with Gasteiger partial charge in [0.2, 0.25) is 0 Å². The lowest BCUT2D eigenvalue weighted by atomic mass is 10.00. The molecule has 2 rings (SSSR count). The molecule has 1 heterocycles.